The van der Waals surface area contributed by atoms with Crippen molar-refractivity contribution in [3.8, 4) is 0 Å². The predicted molar refractivity (Wildman–Crippen MR) is 76.4 cm³/mol. The average molecular weight is 344 g/mol. The first-order valence-electron chi connectivity index (χ1n) is 4.67. The zero-order valence-corrected chi connectivity index (χ0v) is 12.4. The van der Waals surface area contributed by atoms with Crippen molar-refractivity contribution in [1.29, 1.82) is 0 Å². The molecule has 6 heteroatoms. The summed E-state index contributed by atoms with van der Waals surface area (Å²) in [7, 11) is 0. The van der Waals surface area contributed by atoms with Crippen LogP contribution in [-0.4, -0.2) is 4.62 Å². The van der Waals surface area contributed by atoms with Crippen LogP contribution in [-0.2, 0) is 0 Å². The Morgan fingerprint density at radius 1 is 1.31 bits per heavy atom. The van der Waals surface area contributed by atoms with E-state index in [9.17, 15) is 0 Å². The molecule has 0 bridgehead atoms. The monoisotopic (exact) mass is 342 g/mol. The molecule has 0 aliphatic rings. The van der Waals surface area contributed by atoms with E-state index in [0.29, 0.717) is 20.8 Å². The van der Waals surface area contributed by atoms with Gasteiger partial charge in [-0.2, -0.15) is 5.10 Å². The summed E-state index contributed by atoms with van der Waals surface area (Å²) in [6.45, 7) is 2.07. The van der Waals surface area contributed by atoms with Crippen LogP contribution in [0.3, 0.4) is 0 Å². The zero-order chi connectivity index (χ0) is 12.1. The molecule has 0 aliphatic heterocycles. The predicted octanol–water partition coefficient (Wildman–Crippen LogP) is 5.57. The van der Waals surface area contributed by atoms with Crippen LogP contribution in [0.15, 0.2) is 17.2 Å². The molecule has 0 unspecified atom stereocenters. The van der Waals surface area contributed by atoms with E-state index in [4.69, 9.17) is 34.8 Å². The molecule has 0 saturated heterocycles. The molecule has 88 valence electrons. The number of hydrogen-bond acceptors (Lipinski definition) is 2. The van der Waals surface area contributed by atoms with Gasteiger partial charge in [-0.05, 0) is 40.9 Å². The van der Waals surface area contributed by atoms with Crippen molar-refractivity contribution in [2.45, 2.75) is 19.8 Å². The van der Waals surface area contributed by atoms with E-state index < -0.39 is 0 Å². The largest absolute Gasteiger partial charge is 0.275 e. The van der Waals surface area contributed by atoms with Crippen LogP contribution in [0.25, 0.3) is 0 Å². The van der Waals surface area contributed by atoms with Gasteiger partial charge in [0.25, 0.3) is 0 Å². The molecule has 0 heterocycles. The van der Waals surface area contributed by atoms with Crippen molar-refractivity contribution in [3.63, 3.8) is 0 Å². The van der Waals surface area contributed by atoms with E-state index in [-0.39, 0.29) is 0 Å². The number of nitrogens with one attached hydrogen (secondary N) is 1. The topological polar surface area (TPSA) is 24.4 Å². The zero-order valence-electron chi connectivity index (χ0n) is 8.53. The van der Waals surface area contributed by atoms with Crippen molar-refractivity contribution in [1.82, 2.24) is 0 Å². The summed E-state index contributed by atoms with van der Waals surface area (Å²) in [6, 6.07) is 3.22. The fraction of sp³-hybridized carbons (Fsp3) is 0.300. The molecule has 0 saturated carbocycles. The highest BCUT2D eigenvalue weighted by molar-refractivity contribution is 9.18. The first-order chi connectivity index (χ1) is 7.54. The Morgan fingerprint density at radius 3 is 2.38 bits per heavy atom. The Morgan fingerprint density at radius 2 is 1.88 bits per heavy atom. The van der Waals surface area contributed by atoms with E-state index >= 15 is 0 Å². The third kappa shape index (κ3) is 4.13. The minimum Gasteiger partial charge on any atom is -0.275 e. The highest BCUT2D eigenvalue weighted by atomic mass is 79.9. The number of nitrogens with zero attached hydrogens (tertiary/aromatic N) is 1. The SMILES string of the molecule is CCC/C(Br)=N\Nc1c(Cl)cc(Cl)cc1Cl. The quantitative estimate of drug-likeness (QED) is 0.560. The molecule has 0 aromatic heterocycles. The molecular formula is C10H10BrCl3N2. The van der Waals surface area contributed by atoms with Crippen LogP contribution in [0.1, 0.15) is 19.8 Å². The van der Waals surface area contributed by atoms with Gasteiger partial charge in [-0.3, -0.25) is 5.43 Å². The molecule has 16 heavy (non-hydrogen) atoms. The summed E-state index contributed by atoms with van der Waals surface area (Å²) >= 11 is 21.1. The van der Waals surface area contributed by atoms with Gasteiger partial charge in [0.05, 0.1) is 15.7 Å². The lowest BCUT2D eigenvalue weighted by atomic mass is 10.3. The number of benzene rings is 1. The molecule has 0 atom stereocenters. The van der Waals surface area contributed by atoms with Crippen molar-refractivity contribution >= 4 is 61.0 Å². The van der Waals surface area contributed by atoms with E-state index in [1.807, 2.05) is 0 Å². The van der Waals surface area contributed by atoms with Crippen LogP contribution < -0.4 is 5.43 Å². The van der Waals surface area contributed by atoms with Gasteiger partial charge in [-0.25, -0.2) is 0 Å². The van der Waals surface area contributed by atoms with Gasteiger partial charge >= 0.3 is 0 Å². The number of hydrazone groups is 1. The molecule has 0 radical (unpaired) electrons. The van der Waals surface area contributed by atoms with Gasteiger partial charge in [-0.15, -0.1) is 0 Å². The summed E-state index contributed by atoms with van der Waals surface area (Å²) in [6.07, 6.45) is 1.86. The van der Waals surface area contributed by atoms with Gasteiger partial charge in [0.15, 0.2) is 0 Å². The van der Waals surface area contributed by atoms with Crippen molar-refractivity contribution < 1.29 is 0 Å². The number of hydrogen-bond donors (Lipinski definition) is 1. The van der Waals surface area contributed by atoms with Crippen LogP contribution in [0.2, 0.25) is 15.1 Å². The van der Waals surface area contributed by atoms with Gasteiger partial charge in [0, 0.05) is 5.02 Å². The molecule has 0 amide bonds. The fourth-order valence-electron chi connectivity index (χ4n) is 1.03. The second-order valence-corrected chi connectivity index (χ2v) is 5.26. The lowest BCUT2D eigenvalue weighted by Crippen LogP contribution is -1.95. The van der Waals surface area contributed by atoms with Gasteiger partial charge < -0.3 is 0 Å². The summed E-state index contributed by atoms with van der Waals surface area (Å²) in [5.74, 6) is 0. The Bertz CT molecular complexity index is 384. The molecule has 1 rings (SSSR count). The first-order valence-corrected chi connectivity index (χ1v) is 6.60. The third-order valence-corrected chi connectivity index (χ3v) is 3.14. The Balaban J connectivity index is 2.85. The van der Waals surface area contributed by atoms with E-state index in [1.165, 1.54) is 0 Å². The minimum absolute atomic E-state index is 0.443. The van der Waals surface area contributed by atoms with Gasteiger partial charge in [0.2, 0.25) is 0 Å². The highest BCUT2D eigenvalue weighted by Gasteiger charge is 2.06. The highest BCUT2D eigenvalue weighted by Crippen LogP contribution is 2.33. The van der Waals surface area contributed by atoms with E-state index in [0.717, 1.165) is 17.5 Å². The Labute approximate surface area is 118 Å². The standard InChI is InChI=1S/C10H10BrCl3N2/c1-2-3-9(11)15-16-10-7(13)4-6(12)5-8(10)14/h4-5,16H,2-3H2,1H3/b15-9+. The van der Waals surface area contributed by atoms with Crippen molar-refractivity contribution in [2.24, 2.45) is 5.10 Å². The molecule has 2 nitrogen and oxygen atoms in total. The number of halogens is 4. The van der Waals surface area contributed by atoms with Crippen LogP contribution in [0, 0.1) is 0 Å². The summed E-state index contributed by atoms with van der Waals surface area (Å²) in [4.78, 5) is 0. The fourth-order valence-corrected chi connectivity index (χ4v) is 2.41. The maximum absolute atomic E-state index is 5.98. The molecule has 1 aromatic carbocycles. The Hall–Kier alpha value is 0.0400. The van der Waals surface area contributed by atoms with Gasteiger partial charge in [-0.1, -0.05) is 41.7 Å². The normalized spacial score (nSPS) is 11.7. The third-order valence-electron chi connectivity index (χ3n) is 1.75. The maximum atomic E-state index is 5.98. The van der Waals surface area contributed by atoms with Crippen LogP contribution >= 0.6 is 50.7 Å². The molecule has 0 aliphatic carbocycles. The molecular weight excluding hydrogens is 334 g/mol. The smallest absolute Gasteiger partial charge is 0.103 e. The summed E-state index contributed by atoms with van der Waals surface area (Å²) in [5, 5.41) is 5.49. The number of anilines is 1. The molecule has 1 aromatic rings. The second kappa shape index (κ2) is 6.70. The minimum atomic E-state index is 0.443. The van der Waals surface area contributed by atoms with Crippen LogP contribution in [0.4, 0.5) is 5.69 Å². The second-order valence-electron chi connectivity index (χ2n) is 3.09. The van der Waals surface area contributed by atoms with Crippen molar-refractivity contribution in [2.75, 3.05) is 5.43 Å². The molecule has 1 N–H and O–H groups in total. The summed E-state index contributed by atoms with van der Waals surface area (Å²) < 4.78 is 0.817. The average Bonchev–Trinajstić information content (AvgIpc) is 2.16. The lowest BCUT2D eigenvalue weighted by Gasteiger charge is -2.07. The molecule has 0 spiro atoms. The number of rotatable bonds is 4. The first kappa shape index (κ1) is 14.1. The van der Waals surface area contributed by atoms with Crippen LogP contribution in [0.5, 0.6) is 0 Å². The van der Waals surface area contributed by atoms with E-state index in [1.54, 1.807) is 12.1 Å². The van der Waals surface area contributed by atoms with Gasteiger partial charge in [0.1, 0.15) is 4.62 Å². The Kier molecular flexibility index (Phi) is 5.90. The maximum Gasteiger partial charge on any atom is 0.103 e. The van der Waals surface area contributed by atoms with Crippen molar-refractivity contribution in [3.05, 3.63) is 27.2 Å². The molecule has 0 fully saturated rings. The summed E-state index contributed by atoms with van der Waals surface area (Å²) in [5.41, 5.74) is 3.37. The lowest BCUT2D eigenvalue weighted by molar-refractivity contribution is 1.00. The van der Waals surface area contributed by atoms with E-state index in [2.05, 4.69) is 33.4 Å².